The van der Waals surface area contributed by atoms with Gasteiger partial charge in [0.15, 0.2) is 0 Å². The first-order valence-electron chi connectivity index (χ1n) is 7.90. The first kappa shape index (κ1) is 20.1. The van der Waals surface area contributed by atoms with E-state index in [1.54, 1.807) is 0 Å². The summed E-state index contributed by atoms with van der Waals surface area (Å²) < 4.78 is 0.417. The molecule has 0 aliphatic carbocycles. The van der Waals surface area contributed by atoms with Gasteiger partial charge in [-0.15, -0.1) is 35.3 Å². The van der Waals surface area contributed by atoms with Crippen LogP contribution < -0.4 is 0 Å². The van der Waals surface area contributed by atoms with Crippen molar-refractivity contribution in [3.05, 3.63) is 0 Å². The summed E-state index contributed by atoms with van der Waals surface area (Å²) in [5.74, 6) is 0. The molecule has 116 valence electrons. The molecule has 0 bridgehead atoms. The maximum absolute atomic E-state index is 2.29. The van der Waals surface area contributed by atoms with Crippen LogP contribution >= 0.6 is 35.3 Å². The predicted molar refractivity (Wildman–Crippen MR) is 99.7 cm³/mol. The fraction of sp³-hybridized carbons (Fsp3) is 1.00. The fourth-order valence-corrected chi connectivity index (χ4v) is 5.43. The Kier molecular flexibility index (Phi) is 14.8. The van der Waals surface area contributed by atoms with E-state index in [0.29, 0.717) is 3.41 Å². The molecule has 0 spiro atoms. The quantitative estimate of drug-likeness (QED) is 0.248. The maximum atomic E-state index is 2.29. The van der Waals surface area contributed by atoms with E-state index >= 15 is 0 Å². The van der Waals surface area contributed by atoms with Crippen molar-refractivity contribution in [3.63, 3.8) is 0 Å². The van der Waals surface area contributed by atoms with Gasteiger partial charge in [-0.05, 0) is 25.2 Å². The first-order valence-corrected chi connectivity index (χ1v) is 11.6. The van der Waals surface area contributed by atoms with Crippen LogP contribution in [-0.2, 0) is 0 Å². The van der Waals surface area contributed by atoms with Crippen LogP contribution in [0.4, 0.5) is 0 Å². The van der Waals surface area contributed by atoms with Crippen molar-refractivity contribution >= 4 is 35.3 Å². The van der Waals surface area contributed by atoms with Gasteiger partial charge in [0.25, 0.3) is 0 Å². The second kappa shape index (κ2) is 14.0. The van der Waals surface area contributed by atoms with E-state index in [1.807, 2.05) is 35.3 Å². The molecule has 0 atom stereocenters. The second-order valence-corrected chi connectivity index (χ2v) is 9.32. The molecule has 0 N–H and O–H groups in total. The molecule has 0 aromatic heterocycles. The minimum Gasteiger partial charge on any atom is -0.137 e. The molecular formula is C16H34S3. The summed E-state index contributed by atoms with van der Waals surface area (Å²) in [4.78, 5) is 0. The molecule has 0 rings (SSSR count). The van der Waals surface area contributed by atoms with E-state index in [2.05, 4.69) is 25.7 Å². The summed E-state index contributed by atoms with van der Waals surface area (Å²) in [5.41, 5.74) is 0. The van der Waals surface area contributed by atoms with Gasteiger partial charge in [0.2, 0.25) is 0 Å². The molecule has 0 aliphatic rings. The minimum absolute atomic E-state index is 0.417. The lowest BCUT2D eigenvalue weighted by molar-refractivity contribution is 0.552. The number of thioether (sulfide) groups is 3. The third-order valence-electron chi connectivity index (χ3n) is 3.77. The Hall–Kier alpha value is 1.05. The molecule has 0 radical (unpaired) electrons. The lowest BCUT2D eigenvalue weighted by atomic mass is 10.1. The first-order chi connectivity index (χ1) is 9.24. The van der Waals surface area contributed by atoms with Crippen molar-refractivity contribution in [1.82, 2.24) is 0 Å². The van der Waals surface area contributed by atoms with Crippen molar-refractivity contribution in [1.29, 1.82) is 0 Å². The summed E-state index contributed by atoms with van der Waals surface area (Å²) in [5, 5.41) is 0. The highest BCUT2D eigenvalue weighted by Crippen LogP contribution is 2.46. The Morgan fingerprint density at radius 1 is 0.579 bits per heavy atom. The third kappa shape index (κ3) is 10.4. The van der Waals surface area contributed by atoms with Crippen LogP contribution in [0.25, 0.3) is 0 Å². The largest absolute Gasteiger partial charge is 0.137 e. The van der Waals surface area contributed by atoms with Crippen molar-refractivity contribution in [2.24, 2.45) is 0 Å². The third-order valence-corrected chi connectivity index (χ3v) is 9.25. The van der Waals surface area contributed by atoms with Gasteiger partial charge in [-0.25, -0.2) is 0 Å². The number of hydrogen-bond acceptors (Lipinski definition) is 3. The van der Waals surface area contributed by atoms with E-state index in [9.17, 15) is 0 Å². The van der Waals surface area contributed by atoms with Crippen LogP contribution in [0.3, 0.4) is 0 Å². The van der Waals surface area contributed by atoms with Crippen molar-refractivity contribution in [2.45, 2.75) is 81.0 Å². The van der Waals surface area contributed by atoms with E-state index < -0.39 is 0 Å². The standard InChI is InChI=1S/C16H34S3/c1-5-6-7-8-9-10-11-12-13-14-15-16(17-2,18-3)19-4/h5-15H2,1-4H3. The summed E-state index contributed by atoms with van der Waals surface area (Å²) in [6.45, 7) is 2.29. The van der Waals surface area contributed by atoms with E-state index in [-0.39, 0.29) is 0 Å². The summed E-state index contributed by atoms with van der Waals surface area (Å²) in [7, 11) is 0. The van der Waals surface area contributed by atoms with Gasteiger partial charge < -0.3 is 0 Å². The van der Waals surface area contributed by atoms with E-state index in [0.717, 1.165) is 0 Å². The highest BCUT2D eigenvalue weighted by atomic mass is 32.3. The molecule has 0 saturated heterocycles. The Labute approximate surface area is 135 Å². The van der Waals surface area contributed by atoms with Gasteiger partial charge in [-0.2, -0.15) is 0 Å². The average Bonchev–Trinajstić information content (AvgIpc) is 2.46. The molecule has 3 heteroatoms. The molecule has 0 saturated carbocycles. The van der Waals surface area contributed by atoms with Gasteiger partial charge in [0.05, 0.1) is 0 Å². The lowest BCUT2D eigenvalue weighted by Crippen LogP contribution is -2.13. The Bertz CT molecular complexity index is 171. The van der Waals surface area contributed by atoms with Crippen molar-refractivity contribution in [2.75, 3.05) is 18.8 Å². The van der Waals surface area contributed by atoms with Crippen LogP contribution in [0.5, 0.6) is 0 Å². The second-order valence-electron chi connectivity index (χ2n) is 5.23. The van der Waals surface area contributed by atoms with Gasteiger partial charge in [-0.3, -0.25) is 0 Å². The molecular weight excluding hydrogens is 288 g/mol. The van der Waals surface area contributed by atoms with Crippen LogP contribution in [0.2, 0.25) is 0 Å². The molecule has 0 amide bonds. The zero-order valence-electron chi connectivity index (χ0n) is 13.5. The van der Waals surface area contributed by atoms with E-state index in [4.69, 9.17) is 0 Å². The predicted octanol–water partition coefficient (Wildman–Crippen LogP) is 7.04. The topological polar surface area (TPSA) is 0 Å². The van der Waals surface area contributed by atoms with Gasteiger partial charge in [-0.1, -0.05) is 71.1 Å². The molecule has 0 aliphatic heterocycles. The molecule has 0 fully saturated rings. The molecule has 0 heterocycles. The van der Waals surface area contributed by atoms with E-state index in [1.165, 1.54) is 70.6 Å². The SMILES string of the molecule is CCCCCCCCCCCCC(SC)(SC)SC. The molecule has 0 unspecified atom stereocenters. The van der Waals surface area contributed by atoms with Gasteiger partial charge in [0, 0.05) is 0 Å². The fourth-order valence-electron chi connectivity index (χ4n) is 2.39. The van der Waals surface area contributed by atoms with Crippen LogP contribution in [-0.4, -0.2) is 22.2 Å². The molecule has 19 heavy (non-hydrogen) atoms. The molecule has 0 aromatic carbocycles. The summed E-state index contributed by atoms with van der Waals surface area (Å²) in [6.07, 6.45) is 22.5. The zero-order valence-corrected chi connectivity index (χ0v) is 16.0. The maximum Gasteiger partial charge on any atom is 0.106 e. The van der Waals surface area contributed by atoms with Gasteiger partial charge >= 0.3 is 0 Å². The molecule has 0 nitrogen and oxygen atoms in total. The van der Waals surface area contributed by atoms with Crippen LogP contribution in [0.15, 0.2) is 0 Å². The van der Waals surface area contributed by atoms with Crippen molar-refractivity contribution < 1.29 is 0 Å². The van der Waals surface area contributed by atoms with Crippen molar-refractivity contribution in [3.8, 4) is 0 Å². The number of hydrogen-bond donors (Lipinski definition) is 0. The monoisotopic (exact) mass is 322 g/mol. The smallest absolute Gasteiger partial charge is 0.106 e. The highest BCUT2D eigenvalue weighted by molar-refractivity contribution is 8.33. The minimum atomic E-state index is 0.417. The number of rotatable bonds is 14. The number of unbranched alkanes of at least 4 members (excludes halogenated alkanes) is 9. The zero-order chi connectivity index (χ0) is 14.4. The van der Waals surface area contributed by atoms with Crippen LogP contribution in [0, 0.1) is 0 Å². The van der Waals surface area contributed by atoms with Gasteiger partial charge in [0.1, 0.15) is 3.41 Å². The van der Waals surface area contributed by atoms with Crippen LogP contribution in [0.1, 0.15) is 77.6 Å². The Morgan fingerprint density at radius 2 is 0.947 bits per heavy atom. The summed E-state index contributed by atoms with van der Waals surface area (Å²) in [6, 6.07) is 0. The average molecular weight is 323 g/mol. The highest BCUT2D eigenvalue weighted by Gasteiger charge is 2.25. The Morgan fingerprint density at radius 3 is 1.32 bits per heavy atom. The normalized spacial score (nSPS) is 12.0. The summed E-state index contributed by atoms with van der Waals surface area (Å²) >= 11 is 6.07. The Balaban J connectivity index is 3.35. The molecule has 0 aromatic rings. The lowest BCUT2D eigenvalue weighted by Gasteiger charge is -2.27.